The zero-order valence-corrected chi connectivity index (χ0v) is 10.3. The van der Waals surface area contributed by atoms with E-state index in [2.05, 4.69) is 14.9 Å². The lowest BCUT2D eigenvalue weighted by molar-refractivity contribution is 0.567. The minimum absolute atomic E-state index is 0.0463. The molecule has 0 aromatic carbocycles. The van der Waals surface area contributed by atoms with Gasteiger partial charge in [0.15, 0.2) is 5.82 Å². The summed E-state index contributed by atoms with van der Waals surface area (Å²) in [6.45, 7) is 7.66. The standard InChI is InChI=1S/C9H17N3O2S/c1-5-15(13,14)12-8-6-7(10-11-8)9(2,3)4/h6H,5H2,1-4H3,(H2,10,11,12). The first-order valence-electron chi connectivity index (χ1n) is 4.81. The van der Waals surface area contributed by atoms with Gasteiger partial charge in [0, 0.05) is 17.2 Å². The van der Waals surface area contributed by atoms with E-state index >= 15 is 0 Å². The maximum Gasteiger partial charge on any atom is 0.233 e. The Morgan fingerprint density at radius 2 is 2.07 bits per heavy atom. The minimum Gasteiger partial charge on any atom is -0.280 e. The van der Waals surface area contributed by atoms with Crippen molar-refractivity contribution in [3.05, 3.63) is 11.8 Å². The second-order valence-electron chi connectivity index (χ2n) is 4.42. The molecular weight excluding hydrogens is 214 g/mol. The van der Waals surface area contributed by atoms with Crippen LogP contribution < -0.4 is 4.72 Å². The van der Waals surface area contributed by atoms with E-state index in [1.165, 1.54) is 0 Å². The van der Waals surface area contributed by atoms with E-state index in [1.54, 1.807) is 13.0 Å². The summed E-state index contributed by atoms with van der Waals surface area (Å²) < 4.78 is 24.9. The van der Waals surface area contributed by atoms with Crippen molar-refractivity contribution in [3.8, 4) is 0 Å². The van der Waals surface area contributed by atoms with Gasteiger partial charge < -0.3 is 0 Å². The summed E-state index contributed by atoms with van der Waals surface area (Å²) >= 11 is 0. The summed E-state index contributed by atoms with van der Waals surface area (Å²) in [7, 11) is -3.24. The number of aromatic nitrogens is 2. The molecule has 0 aliphatic rings. The van der Waals surface area contributed by atoms with Gasteiger partial charge >= 0.3 is 0 Å². The van der Waals surface area contributed by atoms with Gasteiger partial charge in [-0.1, -0.05) is 20.8 Å². The first-order valence-corrected chi connectivity index (χ1v) is 6.46. The fourth-order valence-electron chi connectivity index (χ4n) is 0.990. The van der Waals surface area contributed by atoms with Crippen LogP contribution in [0.2, 0.25) is 0 Å². The summed E-state index contributed by atoms with van der Waals surface area (Å²) in [6, 6.07) is 1.72. The summed E-state index contributed by atoms with van der Waals surface area (Å²) in [5.74, 6) is 0.395. The Balaban J connectivity index is 2.87. The molecule has 1 aromatic rings. The number of hydrogen-bond acceptors (Lipinski definition) is 3. The van der Waals surface area contributed by atoms with E-state index in [-0.39, 0.29) is 11.2 Å². The van der Waals surface area contributed by atoms with Crippen LogP contribution in [0.15, 0.2) is 6.07 Å². The van der Waals surface area contributed by atoms with Crippen LogP contribution in [0, 0.1) is 0 Å². The van der Waals surface area contributed by atoms with Gasteiger partial charge in [-0.2, -0.15) is 5.10 Å². The molecule has 86 valence electrons. The lowest BCUT2D eigenvalue weighted by Crippen LogP contribution is -2.14. The second kappa shape index (κ2) is 3.84. The van der Waals surface area contributed by atoms with Crippen molar-refractivity contribution in [1.82, 2.24) is 10.2 Å². The number of rotatable bonds is 3. The molecule has 0 unspecified atom stereocenters. The Hall–Kier alpha value is -1.04. The van der Waals surface area contributed by atoms with E-state index in [4.69, 9.17) is 0 Å². The van der Waals surface area contributed by atoms with Crippen molar-refractivity contribution >= 4 is 15.8 Å². The van der Waals surface area contributed by atoms with Crippen LogP contribution in [-0.2, 0) is 15.4 Å². The van der Waals surface area contributed by atoms with Gasteiger partial charge in [0.2, 0.25) is 10.0 Å². The van der Waals surface area contributed by atoms with Crippen LogP contribution in [0.3, 0.4) is 0 Å². The van der Waals surface area contributed by atoms with Gasteiger partial charge in [0.1, 0.15) is 0 Å². The molecule has 0 aliphatic carbocycles. The topological polar surface area (TPSA) is 74.8 Å². The van der Waals surface area contributed by atoms with E-state index in [0.29, 0.717) is 5.82 Å². The Morgan fingerprint density at radius 3 is 2.47 bits per heavy atom. The molecule has 0 fully saturated rings. The molecule has 15 heavy (non-hydrogen) atoms. The minimum atomic E-state index is -3.24. The van der Waals surface area contributed by atoms with E-state index < -0.39 is 10.0 Å². The molecule has 0 bridgehead atoms. The normalized spacial score (nSPS) is 12.8. The highest BCUT2D eigenvalue weighted by Gasteiger charge is 2.18. The van der Waals surface area contributed by atoms with Gasteiger partial charge in [-0.3, -0.25) is 9.82 Å². The molecule has 0 aliphatic heterocycles. The third-order valence-corrected chi connectivity index (χ3v) is 3.31. The quantitative estimate of drug-likeness (QED) is 0.827. The molecule has 0 spiro atoms. The SMILES string of the molecule is CCS(=O)(=O)Nc1cc(C(C)(C)C)[nH]n1. The van der Waals surface area contributed by atoms with Crippen molar-refractivity contribution in [2.24, 2.45) is 0 Å². The van der Waals surface area contributed by atoms with Crippen LogP contribution in [-0.4, -0.2) is 24.4 Å². The van der Waals surface area contributed by atoms with Crippen molar-refractivity contribution in [2.45, 2.75) is 33.1 Å². The number of nitrogens with zero attached hydrogens (tertiary/aromatic N) is 1. The van der Waals surface area contributed by atoms with Crippen molar-refractivity contribution in [2.75, 3.05) is 10.5 Å². The molecule has 0 saturated heterocycles. The average Bonchev–Trinajstić information content (AvgIpc) is 2.51. The third-order valence-electron chi connectivity index (χ3n) is 2.03. The highest BCUT2D eigenvalue weighted by molar-refractivity contribution is 7.92. The molecule has 0 radical (unpaired) electrons. The highest BCUT2D eigenvalue weighted by Crippen LogP contribution is 2.22. The molecule has 1 aromatic heterocycles. The number of aromatic amines is 1. The molecule has 2 N–H and O–H groups in total. The lowest BCUT2D eigenvalue weighted by atomic mass is 9.92. The molecule has 1 rings (SSSR count). The molecule has 6 heteroatoms. The summed E-state index contributed by atoms with van der Waals surface area (Å²) in [5, 5.41) is 6.72. The van der Waals surface area contributed by atoms with Crippen LogP contribution in [0.5, 0.6) is 0 Å². The Bertz CT molecular complexity index is 428. The largest absolute Gasteiger partial charge is 0.280 e. The van der Waals surface area contributed by atoms with E-state index in [0.717, 1.165) is 5.69 Å². The van der Waals surface area contributed by atoms with Crippen molar-refractivity contribution in [1.29, 1.82) is 0 Å². The highest BCUT2D eigenvalue weighted by atomic mass is 32.2. The maximum absolute atomic E-state index is 11.3. The van der Waals surface area contributed by atoms with Gasteiger partial charge in [-0.15, -0.1) is 0 Å². The third kappa shape index (κ3) is 3.23. The van der Waals surface area contributed by atoms with Crippen LogP contribution in [0.25, 0.3) is 0 Å². The monoisotopic (exact) mass is 231 g/mol. The fourth-order valence-corrected chi connectivity index (χ4v) is 1.56. The van der Waals surface area contributed by atoms with Crippen LogP contribution >= 0.6 is 0 Å². The maximum atomic E-state index is 11.3. The zero-order chi connectivity index (χ0) is 11.7. The molecule has 0 amide bonds. The summed E-state index contributed by atoms with van der Waals surface area (Å²) in [6.07, 6.45) is 0. The number of H-pyrrole nitrogens is 1. The zero-order valence-electron chi connectivity index (χ0n) is 9.46. The molecule has 1 heterocycles. The van der Waals surface area contributed by atoms with Crippen LogP contribution in [0.4, 0.5) is 5.82 Å². The predicted molar refractivity (Wildman–Crippen MR) is 60.4 cm³/mol. The van der Waals surface area contributed by atoms with Gasteiger partial charge in [-0.05, 0) is 6.92 Å². The summed E-state index contributed by atoms with van der Waals surface area (Å²) in [4.78, 5) is 0. The number of hydrogen-bond donors (Lipinski definition) is 2. The smallest absolute Gasteiger partial charge is 0.233 e. The number of nitrogens with one attached hydrogen (secondary N) is 2. The summed E-state index contributed by atoms with van der Waals surface area (Å²) in [5.41, 5.74) is 0.833. The molecule has 0 saturated carbocycles. The van der Waals surface area contributed by atoms with Crippen molar-refractivity contribution < 1.29 is 8.42 Å². The lowest BCUT2D eigenvalue weighted by Gasteiger charge is -2.14. The number of anilines is 1. The van der Waals surface area contributed by atoms with Crippen LogP contribution in [0.1, 0.15) is 33.4 Å². The molecule has 0 atom stereocenters. The first-order chi connectivity index (χ1) is 6.74. The fraction of sp³-hybridized carbons (Fsp3) is 0.667. The predicted octanol–water partition coefficient (Wildman–Crippen LogP) is 1.47. The molecule has 5 nitrogen and oxygen atoms in total. The van der Waals surface area contributed by atoms with Gasteiger partial charge in [-0.25, -0.2) is 8.42 Å². The Morgan fingerprint density at radius 1 is 1.47 bits per heavy atom. The van der Waals surface area contributed by atoms with Gasteiger partial charge in [0.05, 0.1) is 5.75 Å². The average molecular weight is 231 g/mol. The molecular formula is C9H17N3O2S. The number of sulfonamides is 1. The van der Waals surface area contributed by atoms with E-state index in [9.17, 15) is 8.42 Å². The second-order valence-corrected chi connectivity index (χ2v) is 6.43. The van der Waals surface area contributed by atoms with E-state index in [1.807, 2.05) is 20.8 Å². The Kier molecular flexibility index (Phi) is 3.08. The Labute approximate surface area is 90.3 Å². The van der Waals surface area contributed by atoms with Gasteiger partial charge in [0.25, 0.3) is 0 Å². The van der Waals surface area contributed by atoms with Crippen molar-refractivity contribution in [3.63, 3.8) is 0 Å². The first kappa shape index (κ1) is 12.0.